The van der Waals surface area contributed by atoms with Gasteiger partial charge in [-0.25, -0.2) is 0 Å². The van der Waals surface area contributed by atoms with Gasteiger partial charge < -0.3 is 9.84 Å². The van der Waals surface area contributed by atoms with Gasteiger partial charge >= 0.3 is 5.97 Å². The molecule has 24 heavy (non-hydrogen) atoms. The Morgan fingerprint density at radius 2 is 2.12 bits per heavy atom. The number of allylic oxidation sites excluding steroid dienone is 2. The summed E-state index contributed by atoms with van der Waals surface area (Å²) in [5, 5.41) is 10.3. The van der Waals surface area contributed by atoms with Crippen LogP contribution in [-0.4, -0.2) is 28.6 Å². The van der Waals surface area contributed by atoms with E-state index < -0.39 is 11.0 Å². The topological polar surface area (TPSA) is 63.6 Å². The number of hydrogen-bond acceptors (Lipinski definition) is 4. The molecule has 4 heteroatoms. The minimum absolute atomic E-state index is 0.0647. The summed E-state index contributed by atoms with van der Waals surface area (Å²) in [6, 6.07) is 0. The molecule has 0 radical (unpaired) electrons. The molecule has 0 saturated heterocycles. The number of ketones is 1. The van der Waals surface area contributed by atoms with Crippen LogP contribution >= 0.6 is 0 Å². The molecule has 0 aromatic carbocycles. The van der Waals surface area contributed by atoms with Gasteiger partial charge in [0.05, 0.1) is 6.10 Å². The first kappa shape index (κ1) is 17.7. The Bertz CT molecular complexity index is 573. The first-order chi connectivity index (χ1) is 11.1. The molecule has 0 aliphatic heterocycles. The van der Waals surface area contributed by atoms with Crippen molar-refractivity contribution < 1.29 is 19.4 Å². The lowest BCUT2D eigenvalue weighted by Gasteiger charge is -2.59. The van der Waals surface area contributed by atoms with Gasteiger partial charge in [0.25, 0.3) is 0 Å². The second kappa shape index (κ2) is 5.69. The highest BCUT2D eigenvalue weighted by atomic mass is 16.6. The monoisotopic (exact) mass is 334 g/mol. The molecule has 1 spiro atoms. The molecule has 0 heterocycles. The maximum absolute atomic E-state index is 12.7. The van der Waals surface area contributed by atoms with Crippen LogP contribution in [0.25, 0.3) is 0 Å². The number of carbonyl (C=O) groups excluding carboxylic acids is 2. The van der Waals surface area contributed by atoms with Gasteiger partial charge in [-0.2, -0.15) is 0 Å². The summed E-state index contributed by atoms with van der Waals surface area (Å²) < 4.78 is 5.41. The average molecular weight is 334 g/mol. The lowest BCUT2D eigenvalue weighted by Crippen LogP contribution is -2.57. The van der Waals surface area contributed by atoms with Crippen LogP contribution < -0.4 is 0 Å². The number of fused-ring (bicyclic) bond motifs is 2. The van der Waals surface area contributed by atoms with Crippen LogP contribution in [0.5, 0.6) is 0 Å². The standard InChI is InChI=1S/C20H30O4/c1-18(2,3)24-17(23)7-8-19(4)15-11-13-5-9-20(15,12-14(13)21)10-6-16(19)22/h6,10,13-15,21H,5,7-9,11-12H2,1-4H3/t13-,14?,15?,19?,20+/m0/s1. The number of ether oxygens (including phenoxy) is 1. The maximum atomic E-state index is 12.7. The predicted molar refractivity (Wildman–Crippen MR) is 91.2 cm³/mol. The van der Waals surface area contributed by atoms with Crippen LogP contribution in [0.2, 0.25) is 0 Å². The summed E-state index contributed by atoms with van der Waals surface area (Å²) in [5.74, 6) is 0.425. The van der Waals surface area contributed by atoms with Gasteiger partial charge in [-0.15, -0.1) is 0 Å². The molecule has 0 amide bonds. The molecule has 4 nitrogen and oxygen atoms in total. The second-order valence-electron chi connectivity index (χ2n) is 9.29. The fourth-order valence-electron chi connectivity index (χ4n) is 5.25. The van der Waals surface area contributed by atoms with E-state index in [1.807, 2.05) is 27.7 Å². The van der Waals surface area contributed by atoms with Crippen molar-refractivity contribution >= 4 is 11.8 Å². The smallest absolute Gasteiger partial charge is 0.306 e. The number of aliphatic hydroxyl groups excluding tert-OH is 1. The highest BCUT2D eigenvalue weighted by molar-refractivity contribution is 5.96. The third-order valence-electron chi connectivity index (χ3n) is 6.51. The molecule has 3 unspecified atom stereocenters. The zero-order valence-corrected chi connectivity index (χ0v) is 15.3. The summed E-state index contributed by atoms with van der Waals surface area (Å²) in [5.41, 5.74) is -1.08. The van der Waals surface area contributed by atoms with Crippen molar-refractivity contribution in [1.82, 2.24) is 0 Å². The van der Waals surface area contributed by atoms with Gasteiger partial charge in [0.2, 0.25) is 0 Å². The van der Waals surface area contributed by atoms with E-state index in [1.54, 1.807) is 6.08 Å². The van der Waals surface area contributed by atoms with E-state index in [1.165, 1.54) is 0 Å². The van der Waals surface area contributed by atoms with Gasteiger partial charge in [0.15, 0.2) is 5.78 Å². The third-order valence-corrected chi connectivity index (χ3v) is 6.51. The largest absolute Gasteiger partial charge is 0.460 e. The highest BCUT2D eigenvalue weighted by Gasteiger charge is 2.59. The van der Waals surface area contributed by atoms with Crippen LogP contribution in [-0.2, 0) is 14.3 Å². The van der Waals surface area contributed by atoms with Crippen molar-refractivity contribution in [2.45, 2.75) is 77.9 Å². The van der Waals surface area contributed by atoms with Crippen LogP contribution in [0.3, 0.4) is 0 Å². The number of carbonyl (C=O) groups is 2. The molecule has 0 aromatic heterocycles. The fourth-order valence-corrected chi connectivity index (χ4v) is 5.25. The molecule has 2 bridgehead atoms. The van der Waals surface area contributed by atoms with Crippen LogP contribution in [0.1, 0.15) is 66.2 Å². The molecule has 0 aromatic rings. The molecular weight excluding hydrogens is 304 g/mol. The zero-order valence-electron chi connectivity index (χ0n) is 15.3. The van der Waals surface area contributed by atoms with E-state index in [0.29, 0.717) is 12.3 Å². The van der Waals surface area contributed by atoms with Crippen LogP contribution in [0.15, 0.2) is 12.2 Å². The maximum Gasteiger partial charge on any atom is 0.306 e. The van der Waals surface area contributed by atoms with Gasteiger partial charge in [-0.3, -0.25) is 9.59 Å². The lowest BCUT2D eigenvalue weighted by atomic mass is 9.45. The van der Waals surface area contributed by atoms with Gasteiger partial charge in [-0.1, -0.05) is 13.0 Å². The Hall–Kier alpha value is -1.16. The minimum Gasteiger partial charge on any atom is -0.460 e. The van der Waals surface area contributed by atoms with Crippen molar-refractivity contribution in [3.8, 4) is 0 Å². The first-order valence-electron chi connectivity index (χ1n) is 9.19. The SMILES string of the molecule is CC(C)(C)OC(=O)CCC1(C)C(=O)C=C[C@@]23CC[C@@H](CC12)C(O)C3. The normalized spacial score (nSPS) is 41.2. The molecule has 4 aliphatic rings. The van der Waals surface area contributed by atoms with E-state index in [0.717, 1.165) is 25.7 Å². The van der Waals surface area contributed by atoms with E-state index in [2.05, 4.69) is 6.08 Å². The van der Waals surface area contributed by atoms with Crippen molar-refractivity contribution in [2.24, 2.45) is 22.7 Å². The second-order valence-corrected chi connectivity index (χ2v) is 9.29. The molecule has 5 atom stereocenters. The van der Waals surface area contributed by atoms with Crippen molar-refractivity contribution in [3.05, 3.63) is 12.2 Å². The van der Waals surface area contributed by atoms with Crippen LogP contribution in [0, 0.1) is 22.7 Å². The number of rotatable bonds is 3. The van der Waals surface area contributed by atoms with Crippen molar-refractivity contribution in [2.75, 3.05) is 0 Å². The number of aliphatic hydroxyl groups is 1. The molecule has 4 rings (SSSR count). The Balaban J connectivity index is 1.78. The van der Waals surface area contributed by atoms with E-state index in [-0.39, 0.29) is 35.6 Å². The van der Waals surface area contributed by atoms with Gasteiger partial charge in [0, 0.05) is 11.8 Å². The first-order valence-corrected chi connectivity index (χ1v) is 9.19. The Morgan fingerprint density at radius 3 is 2.75 bits per heavy atom. The lowest BCUT2D eigenvalue weighted by molar-refractivity contribution is -0.159. The molecule has 3 saturated carbocycles. The number of hydrogen-bond donors (Lipinski definition) is 1. The molecule has 134 valence electrons. The van der Waals surface area contributed by atoms with Crippen molar-refractivity contribution in [1.29, 1.82) is 0 Å². The Labute approximate surface area is 144 Å². The highest BCUT2D eigenvalue weighted by Crippen LogP contribution is 2.63. The van der Waals surface area contributed by atoms with Crippen molar-refractivity contribution in [3.63, 3.8) is 0 Å². The minimum atomic E-state index is -0.523. The number of esters is 1. The Kier molecular flexibility index (Phi) is 4.18. The van der Waals surface area contributed by atoms with E-state index in [9.17, 15) is 14.7 Å². The molecule has 4 aliphatic carbocycles. The summed E-state index contributed by atoms with van der Waals surface area (Å²) in [6.07, 6.45) is 8.06. The summed E-state index contributed by atoms with van der Waals surface area (Å²) in [7, 11) is 0. The summed E-state index contributed by atoms with van der Waals surface area (Å²) >= 11 is 0. The summed E-state index contributed by atoms with van der Waals surface area (Å²) in [6.45, 7) is 7.59. The predicted octanol–water partition coefficient (Wildman–Crippen LogP) is 3.42. The molecule has 3 fully saturated rings. The quantitative estimate of drug-likeness (QED) is 0.803. The summed E-state index contributed by atoms with van der Waals surface area (Å²) in [4.78, 5) is 24.9. The fraction of sp³-hybridized carbons (Fsp3) is 0.800. The van der Waals surface area contributed by atoms with Gasteiger partial charge in [-0.05, 0) is 76.2 Å². The van der Waals surface area contributed by atoms with E-state index in [4.69, 9.17) is 4.74 Å². The molecule has 1 N–H and O–H groups in total. The van der Waals surface area contributed by atoms with E-state index >= 15 is 0 Å². The van der Waals surface area contributed by atoms with Gasteiger partial charge in [0.1, 0.15) is 5.60 Å². The zero-order chi connectivity index (χ0) is 17.8. The average Bonchev–Trinajstić information content (AvgIpc) is 2.48. The Morgan fingerprint density at radius 1 is 1.42 bits per heavy atom. The molecular formula is C20H30O4. The van der Waals surface area contributed by atoms with Crippen LogP contribution in [0.4, 0.5) is 0 Å². The third kappa shape index (κ3) is 2.94.